The van der Waals surface area contributed by atoms with Crippen LogP contribution in [0.25, 0.3) is 0 Å². The van der Waals surface area contributed by atoms with Crippen molar-refractivity contribution in [1.29, 1.82) is 0 Å². The van der Waals surface area contributed by atoms with E-state index in [4.69, 9.17) is 0 Å². The lowest BCUT2D eigenvalue weighted by molar-refractivity contribution is 0.541. The molecule has 20 heavy (non-hydrogen) atoms. The summed E-state index contributed by atoms with van der Waals surface area (Å²) in [7, 11) is -3.11. The number of thioether (sulfide) groups is 1. The van der Waals surface area contributed by atoms with Gasteiger partial charge in [-0.3, -0.25) is 0 Å². The minimum Gasteiger partial charge on any atom is -0.315 e. The second-order valence-electron chi connectivity index (χ2n) is 6.05. The van der Waals surface area contributed by atoms with Gasteiger partial charge >= 0.3 is 0 Å². The predicted molar refractivity (Wildman–Crippen MR) is 88.9 cm³/mol. The van der Waals surface area contributed by atoms with Crippen molar-refractivity contribution in [2.75, 3.05) is 25.1 Å². The highest BCUT2D eigenvalue weighted by atomic mass is 32.2. The van der Waals surface area contributed by atoms with Crippen LogP contribution in [0.15, 0.2) is 0 Å². The second-order valence-corrected chi connectivity index (χ2v) is 9.25. The van der Waals surface area contributed by atoms with E-state index in [-0.39, 0.29) is 10.5 Å². The van der Waals surface area contributed by atoms with Crippen LogP contribution in [0, 0.1) is 0 Å². The first-order chi connectivity index (χ1) is 9.39. The summed E-state index contributed by atoms with van der Waals surface area (Å²) >= 11 is 1.82. The number of unbranched alkanes of at least 4 members (excludes halogenated alkanes) is 1. The van der Waals surface area contributed by atoms with E-state index in [1.54, 1.807) is 0 Å². The standard InChI is InChI=1S/C14H30N2O2S2/c1-13(2)15-10-6-7-11-20(17,18)16-12-14(19-3)8-4-5-9-14/h13,15-16H,4-12H2,1-3H3. The van der Waals surface area contributed by atoms with Crippen LogP contribution in [-0.4, -0.2) is 44.3 Å². The third-order valence-corrected chi connectivity index (χ3v) is 6.78. The van der Waals surface area contributed by atoms with Crippen molar-refractivity contribution in [3.05, 3.63) is 0 Å². The number of rotatable bonds is 10. The Morgan fingerprint density at radius 2 is 1.85 bits per heavy atom. The molecule has 0 radical (unpaired) electrons. The molecular weight excluding hydrogens is 292 g/mol. The van der Waals surface area contributed by atoms with Crippen LogP contribution in [0.4, 0.5) is 0 Å². The Balaban J connectivity index is 2.24. The molecule has 1 fully saturated rings. The number of hydrogen-bond acceptors (Lipinski definition) is 4. The largest absolute Gasteiger partial charge is 0.315 e. The highest BCUT2D eigenvalue weighted by molar-refractivity contribution is 8.00. The molecule has 0 aromatic heterocycles. The fourth-order valence-electron chi connectivity index (χ4n) is 2.59. The average Bonchev–Trinajstić information content (AvgIpc) is 2.85. The van der Waals surface area contributed by atoms with E-state index < -0.39 is 10.0 Å². The smallest absolute Gasteiger partial charge is 0.211 e. The third-order valence-electron chi connectivity index (χ3n) is 3.95. The lowest BCUT2D eigenvalue weighted by atomic mass is 10.1. The van der Waals surface area contributed by atoms with Gasteiger partial charge in [-0.1, -0.05) is 26.7 Å². The highest BCUT2D eigenvalue weighted by Gasteiger charge is 2.33. The van der Waals surface area contributed by atoms with E-state index in [1.807, 2.05) is 11.8 Å². The summed E-state index contributed by atoms with van der Waals surface area (Å²) < 4.78 is 27.0. The first kappa shape index (κ1) is 18.3. The van der Waals surface area contributed by atoms with Gasteiger partial charge in [0.2, 0.25) is 10.0 Å². The summed E-state index contributed by atoms with van der Waals surface area (Å²) in [4.78, 5) is 0. The molecule has 0 heterocycles. The quantitative estimate of drug-likeness (QED) is 0.606. The first-order valence-corrected chi connectivity index (χ1v) is 10.5. The van der Waals surface area contributed by atoms with Crippen LogP contribution in [-0.2, 0) is 10.0 Å². The van der Waals surface area contributed by atoms with Gasteiger partial charge in [-0.2, -0.15) is 11.8 Å². The van der Waals surface area contributed by atoms with Gasteiger partial charge < -0.3 is 5.32 Å². The molecule has 0 spiro atoms. The maximum Gasteiger partial charge on any atom is 0.211 e. The molecule has 0 atom stereocenters. The van der Waals surface area contributed by atoms with Gasteiger partial charge in [-0.15, -0.1) is 0 Å². The predicted octanol–water partition coefficient (Wildman–Crippen LogP) is 2.36. The molecule has 0 saturated heterocycles. The molecule has 1 aliphatic carbocycles. The van der Waals surface area contributed by atoms with Crippen LogP contribution < -0.4 is 10.0 Å². The van der Waals surface area contributed by atoms with Gasteiger partial charge in [0, 0.05) is 17.3 Å². The van der Waals surface area contributed by atoms with Gasteiger partial charge in [0.05, 0.1) is 5.75 Å². The number of hydrogen-bond donors (Lipinski definition) is 2. The number of sulfonamides is 1. The van der Waals surface area contributed by atoms with Crippen molar-refractivity contribution in [2.45, 2.75) is 63.2 Å². The van der Waals surface area contributed by atoms with E-state index in [0.29, 0.717) is 12.6 Å². The minimum atomic E-state index is -3.11. The molecular formula is C14H30N2O2S2. The zero-order chi connectivity index (χ0) is 15.1. The maximum atomic E-state index is 12.0. The first-order valence-electron chi connectivity index (χ1n) is 7.65. The molecule has 6 heteroatoms. The van der Waals surface area contributed by atoms with E-state index in [1.165, 1.54) is 12.8 Å². The molecule has 0 aromatic rings. The minimum absolute atomic E-state index is 0.145. The van der Waals surface area contributed by atoms with Crippen LogP contribution in [0.5, 0.6) is 0 Å². The maximum absolute atomic E-state index is 12.0. The monoisotopic (exact) mass is 322 g/mol. The zero-order valence-corrected chi connectivity index (χ0v) is 14.7. The Bertz CT molecular complexity index is 363. The van der Waals surface area contributed by atoms with Gasteiger partial charge in [-0.25, -0.2) is 13.1 Å². The van der Waals surface area contributed by atoms with Gasteiger partial charge in [0.15, 0.2) is 0 Å². The van der Waals surface area contributed by atoms with Crippen LogP contribution >= 0.6 is 11.8 Å². The van der Waals surface area contributed by atoms with E-state index in [9.17, 15) is 8.42 Å². The fraction of sp³-hybridized carbons (Fsp3) is 1.00. The van der Waals surface area contributed by atoms with Crippen LogP contribution in [0.2, 0.25) is 0 Å². The SMILES string of the molecule is CSC1(CNS(=O)(=O)CCCCNC(C)C)CCCC1. The molecule has 0 unspecified atom stereocenters. The summed E-state index contributed by atoms with van der Waals surface area (Å²) in [5.74, 6) is 0.247. The molecule has 0 bridgehead atoms. The van der Waals surface area contributed by atoms with Crippen molar-refractivity contribution in [3.63, 3.8) is 0 Å². The topological polar surface area (TPSA) is 58.2 Å². The molecule has 1 rings (SSSR count). The Kier molecular flexibility index (Phi) is 7.87. The summed E-state index contributed by atoms with van der Waals surface area (Å²) in [5.41, 5.74) is 0. The van der Waals surface area contributed by atoms with Gasteiger partial charge in [0.25, 0.3) is 0 Å². The molecule has 0 aliphatic heterocycles. The van der Waals surface area contributed by atoms with Crippen molar-refractivity contribution in [3.8, 4) is 0 Å². The Labute approximate surface area is 128 Å². The molecule has 4 nitrogen and oxygen atoms in total. The molecule has 1 saturated carbocycles. The number of nitrogens with one attached hydrogen (secondary N) is 2. The van der Waals surface area contributed by atoms with E-state index in [2.05, 4.69) is 30.1 Å². The summed E-state index contributed by atoms with van der Waals surface area (Å²) in [6, 6.07) is 0.466. The van der Waals surface area contributed by atoms with Crippen molar-refractivity contribution in [2.24, 2.45) is 0 Å². The molecule has 2 N–H and O–H groups in total. The van der Waals surface area contributed by atoms with Crippen molar-refractivity contribution < 1.29 is 8.42 Å². The molecule has 0 amide bonds. The van der Waals surface area contributed by atoms with E-state index >= 15 is 0 Å². The highest BCUT2D eigenvalue weighted by Crippen LogP contribution is 2.39. The lowest BCUT2D eigenvalue weighted by Gasteiger charge is -2.26. The summed E-state index contributed by atoms with van der Waals surface area (Å²) in [6.45, 7) is 5.69. The van der Waals surface area contributed by atoms with Crippen LogP contribution in [0.1, 0.15) is 52.4 Å². The fourth-order valence-corrected chi connectivity index (χ4v) is 4.82. The average molecular weight is 323 g/mol. The third kappa shape index (κ3) is 6.78. The summed E-state index contributed by atoms with van der Waals surface area (Å²) in [6.07, 6.45) is 8.45. The molecule has 120 valence electrons. The Morgan fingerprint density at radius 3 is 2.40 bits per heavy atom. The zero-order valence-electron chi connectivity index (χ0n) is 13.1. The normalized spacial score (nSPS) is 18.8. The van der Waals surface area contributed by atoms with Gasteiger partial charge in [-0.05, 0) is 38.5 Å². The molecule has 0 aromatic carbocycles. The lowest BCUT2D eigenvalue weighted by Crippen LogP contribution is -2.39. The Morgan fingerprint density at radius 1 is 1.20 bits per heavy atom. The van der Waals surface area contributed by atoms with E-state index in [0.717, 1.165) is 32.2 Å². The summed E-state index contributed by atoms with van der Waals surface area (Å²) in [5, 5.41) is 3.31. The van der Waals surface area contributed by atoms with Crippen molar-refractivity contribution >= 4 is 21.8 Å². The van der Waals surface area contributed by atoms with Gasteiger partial charge in [0.1, 0.15) is 0 Å². The Hall–Kier alpha value is 0.220. The van der Waals surface area contributed by atoms with Crippen LogP contribution in [0.3, 0.4) is 0 Å². The second kappa shape index (κ2) is 8.61. The molecule has 1 aliphatic rings. The van der Waals surface area contributed by atoms with Crippen molar-refractivity contribution in [1.82, 2.24) is 10.0 Å².